The Morgan fingerprint density at radius 2 is 1.81 bits per heavy atom. The van der Waals surface area contributed by atoms with Crippen LogP contribution in [0.1, 0.15) is 25.7 Å². The third-order valence-corrected chi connectivity index (χ3v) is 3.11. The van der Waals surface area contributed by atoms with Crippen molar-refractivity contribution in [2.24, 2.45) is 0 Å². The summed E-state index contributed by atoms with van der Waals surface area (Å²) >= 11 is 7.05. The number of thiocarbonyl (C=S) groups is 1. The average Bonchev–Trinajstić information content (AvgIpc) is 2.29. The third-order valence-electron chi connectivity index (χ3n) is 2.12. The van der Waals surface area contributed by atoms with Crippen molar-refractivity contribution in [1.29, 1.82) is 0 Å². The molecule has 0 aromatic rings. The number of hydrogen-bond donors (Lipinski definition) is 2. The molecule has 5 heteroatoms. The Morgan fingerprint density at radius 3 is 2.44 bits per heavy atom. The molecule has 0 saturated heterocycles. The quantitative estimate of drug-likeness (QED) is 0.466. The number of ether oxygens (including phenoxy) is 1. The monoisotopic (exact) mass is 264 g/mol. The van der Waals surface area contributed by atoms with E-state index >= 15 is 0 Å². The first kappa shape index (κ1) is 16.0. The van der Waals surface area contributed by atoms with E-state index in [4.69, 9.17) is 17.0 Å². The van der Waals surface area contributed by atoms with Gasteiger partial charge < -0.3 is 15.4 Å². The molecule has 0 unspecified atom stereocenters. The van der Waals surface area contributed by atoms with E-state index in [1.807, 2.05) is 11.8 Å². The summed E-state index contributed by atoms with van der Waals surface area (Å²) in [5.74, 6) is 1.26. The first-order valence-corrected chi connectivity index (χ1v) is 7.61. The molecule has 0 aliphatic carbocycles. The summed E-state index contributed by atoms with van der Waals surface area (Å²) in [5.41, 5.74) is 0. The van der Waals surface area contributed by atoms with Gasteiger partial charge in [0.15, 0.2) is 5.11 Å². The highest BCUT2D eigenvalue weighted by Crippen LogP contribution is 2.01. The molecule has 0 saturated carbocycles. The standard InChI is InChI=1S/C11H24N2OS2/c1-14-9-6-8-13-11(15)12-7-4-3-5-10-16-2/h3-10H2,1-2H3,(H2,12,13,15). The first-order valence-electron chi connectivity index (χ1n) is 5.81. The molecule has 16 heavy (non-hydrogen) atoms. The molecule has 0 rings (SSSR count). The summed E-state index contributed by atoms with van der Waals surface area (Å²) in [4.78, 5) is 0. The van der Waals surface area contributed by atoms with Crippen LogP contribution in [0.4, 0.5) is 0 Å². The van der Waals surface area contributed by atoms with Gasteiger partial charge in [-0.3, -0.25) is 0 Å². The number of thioether (sulfide) groups is 1. The Balaban J connectivity index is 3.11. The molecule has 3 nitrogen and oxygen atoms in total. The molecule has 0 radical (unpaired) electrons. The third kappa shape index (κ3) is 12.1. The van der Waals surface area contributed by atoms with Crippen LogP contribution in [-0.2, 0) is 4.74 Å². The number of methoxy groups -OCH3 is 1. The second-order valence-corrected chi connectivity index (χ2v) is 4.98. The van der Waals surface area contributed by atoms with E-state index < -0.39 is 0 Å². The average molecular weight is 264 g/mol. The normalized spacial score (nSPS) is 10.1. The number of nitrogens with one attached hydrogen (secondary N) is 2. The molecule has 2 N–H and O–H groups in total. The molecule has 0 heterocycles. The summed E-state index contributed by atoms with van der Waals surface area (Å²) in [7, 11) is 1.71. The lowest BCUT2D eigenvalue weighted by atomic mass is 10.2. The van der Waals surface area contributed by atoms with Crippen molar-refractivity contribution in [3.05, 3.63) is 0 Å². The number of hydrogen-bond acceptors (Lipinski definition) is 3. The van der Waals surface area contributed by atoms with E-state index in [0.717, 1.165) is 31.2 Å². The molecular formula is C11H24N2OS2. The van der Waals surface area contributed by atoms with Gasteiger partial charge in [-0.2, -0.15) is 11.8 Å². The van der Waals surface area contributed by atoms with Crippen molar-refractivity contribution in [2.75, 3.05) is 38.8 Å². The summed E-state index contributed by atoms with van der Waals surface area (Å²) in [5, 5.41) is 7.13. The minimum atomic E-state index is 0.765. The van der Waals surface area contributed by atoms with Crippen LogP contribution in [0.5, 0.6) is 0 Å². The molecule has 0 bridgehead atoms. The lowest BCUT2D eigenvalue weighted by Crippen LogP contribution is -2.36. The maximum absolute atomic E-state index is 5.14. The zero-order chi connectivity index (χ0) is 12.1. The number of unbranched alkanes of at least 4 members (excludes halogenated alkanes) is 2. The molecule has 0 fully saturated rings. The van der Waals surface area contributed by atoms with Gasteiger partial charge in [0, 0.05) is 26.8 Å². The molecule has 0 aliphatic heterocycles. The Labute approximate surface area is 109 Å². The Morgan fingerprint density at radius 1 is 1.12 bits per heavy atom. The fraction of sp³-hybridized carbons (Fsp3) is 0.909. The summed E-state index contributed by atoms with van der Waals surface area (Å²) in [6, 6.07) is 0. The molecule has 0 aromatic carbocycles. The fourth-order valence-electron chi connectivity index (χ4n) is 1.23. The minimum Gasteiger partial charge on any atom is -0.385 e. The lowest BCUT2D eigenvalue weighted by molar-refractivity contribution is 0.195. The van der Waals surface area contributed by atoms with Crippen molar-refractivity contribution in [3.63, 3.8) is 0 Å². The van der Waals surface area contributed by atoms with Crippen LogP contribution in [0.25, 0.3) is 0 Å². The van der Waals surface area contributed by atoms with E-state index in [1.165, 1.54) is 25.0 Å². The fourth-order valence-corrected chi connectivity index (χ4v) is 1.93. The van der Waals surface area contributed by atoms with Crippen molar-refractivity contribution in [1.82, 2.24) is 10.6 Å². The second-order valence-electron chi connectivity index (χ2n) is 3.58. The SMILES string of the molecule is COCCCNC(=S)NCCCCCSC. The highest BCUT2D eigenvalue weighted by Gasteiger charge is 1.94. The van der Waals surface area contributed by atoms with Gasteiger partial charge in [0.1, 0.15) is 0 Å². The summed E-state index contributed by atoms with van der Waals surface area (Å²) in [6.45, 7) is 2.64. The summed E-state index contributed by atoms with van der Waals surface area (Å²) in [6.07, 6.45) is 6.92. The predicted octanol–water partition coefficient (Wildman–Crippen LogP) is 2.02. The molecule has 0 aromatic heterocycles. The van der Waals surface area contributed by atoms with Crippen molar-refractivity contribution >= 4 is 29.1 Å². The van der Waals surface area contributed by atoms with E-state index in [9.17, 15) is 0 Å². The topological polar surface area (TPSA) is 33.3 Å². The van der Waals surface area contributed by atoms with Crippen molar-refractivity contribution in [3.8, 4) is 0 Å². The van der Waals surface area contributed by atoms with Gasteiger partial charge in [-0.25, -0.2) is 0 Å². The van der Waals surface area contributed by atoms with E-state index in [-0.39, 0.29) is 0 Å². The highest BCUT2D eigenvalue weighted by molar-refractivity contribution is 7.98. The number of rotatable bonds is 10. The van der Waals surface area contributed by atoms with Gasteiger partial charge in [-0.05, 0) is 43.5 Å². The molecular weight excluding hydrogens is 240 g/mol. The van der Waals surface area contributed by atoms with Gasteiger partial charge >= 0.3 is 0 Å². The van der Waals surface area contributed by atoms with Crippen molar-refractivity contribution < 1.29 is 4.74 Å². The second kappa shape index (κ2) is 13.1. The maximum atomic E-state index is 5.14. The maximum Gasteiger partial charge on any atom is 0.166 e. The van der Waals surface area contributed by atoms with Crippen molar-refractivity contribution in [2.45, 2.75) is 25.7 Å². The minimum absolute atomic E-state index is 0.765. The van der Waals surface area contributed by atoms with E-state index in [0.29, 0.717) is 0 Å². The Hall–Kier alpha value is 0. The van der Waals surface area contributed by atoms with Crippen LogP contribution < -0.4 is 10.6 Å². The zero-order valence-electron chi connectivity index (χ0n) is 10.4. The Bertz CT molecular complexity index is 168. The largest absolute Gasteiger partial charge is 0.385 e. The van der Waals surface area contributed by atoms with Crippen LogP contribution >= 0.6 is 24.0 Å². The van der Waals surface area contributed by atoms with E-state index in [1.54, 1.807) is 7.11 Å². The van der Waals surface area contributed by atoms with Crippen LogP contribution in [0.3, 0.4) is 0 Å². The molecule has 0 atom stereocenters. The van der Waals surface area contributed by atoms with Crippen LogP contribution in [0.15, 0.2) is 0 Å². The highest BCUT2D eigenvalue weighted by atomic mass is 32.2. The van der Waals surface area contributed by atoms with E-state index in [2.05, 4.69) is 16.9 Å². The molecule has 96 valence electrons. The Kier molecular flexibility index (Phi) is 13.1. The summed E-state index contributed by atoms with van der Waals surface area (Å²) < 4.78 is 4.95. The lowest BCUT2D eigenvalue weighted by Gasteiger charge is -2.09. The zero-order valence-corrected chi connectivity index (χ0v) is 12.0. The molecule has 0 spiro atoms. The van der Waals surface area contributed by atoms with Gasteiger partial charge in [0.2, 0.25) is 0 Å². The smallest absolute Gasteiger partial charge is 0.166 e. The van der Waals surface area contributed by atoms with Crippen LogP contribution in [0, 0.1) is 0 Å². The van der Waals surface area contributed by atoms with Gasteiger partial charge in [0.05, 0.1) is 0 Å². The van der Waals surface area contributed by atoms with Gasteiger partial charge in [-0.1, -0.05) is 6.42 Å². The van der Waals surface area contributed by atoms with Crippen LogP contribution in [-0.4, -0.2) is 43.9 Å². The molecule has 0 amide bonds. The van der Waals surface area contributed by atoms with Gasteiger partial charge in [-0.15, -0.1) is 0 Å². The predicted molar refractivity (Wildman–Crippen MR) is 77.3 cm³/mol. The molecule has 0 aliphatic rings. The van der Waals surface area contributed by atoms with Gasteiger partial charge in [0.25, 0.3) is 0 Å². The van der Waals surface area contributed by atoms with Crippen LogP contribution in [0.2, 0.25) is 0 Å². The first-order chi connectivity index (χ1) is 7.81.